The van der Waals surface area contributed by atoms with E-state index in [9.17, 15) is 19.5 Å². The molecule has 9 heteroatoms. The number of allylic oxidation sites excluding steroid dienone is 1. The van der Waals surface area contributed by atoms with Gasteiger partial charge >= 0.3 is 6.09 Å². The lowest BCUT2D eigenvalue weighted by Gasteiger charge is -2.27. The molecule has 0 heterocycles. The van der Waals surface area contributed by atoms with Crippen molar-refractivity contribution < 1.29 is 34.2 Å². The minimum atomic E-state index is -0.864. The van der Waals surface area contributed by atoms with Crippen LogP contribution in [-0.2, 0) is 14.3 Å². The van der Waals surface area contributed by atoms with Crippen LogP contribution in [0.3, 0.4) is 0 Å². The summed E-state index contributed by atoms with van der Waals surface area (Å²) in [6, 6.07) is 16.8. The van der Waals surface area contributed by atoms with Gasteiger partial charge in [0.05, 0.1) is 6.10 Å². The molecular formula is C27H28N2O7. The number of aromatic hydroxyl groups is 1. The first-order valence-electron chi connectivity index (χ1n) is 11.3. The Morgan fingerprint density at radius 2 is 1.69 bits per heavy atom. The minimum absolute atomic E-state index is 0.0862. The zero-order valence-corrected chi connectivity index (χ0v) is 19.9. The van der Waals surface area contributed by atoms with E-state index in [4.69, 9.17) is 14.7 Å². The van der Waals surface area contributed by atoms with Crippen molar-refractivity contribution in [3.05, 3.63) is 83.9 Å². The molecular weight excluding hydrogens is 464 g/mol. The lowest BCUT2D eigenvalue weighted by Crippen LogP contribution is -2.28. The Kier molecular flexibility index (Phi) is 9.15. The zero-order valence-electron chi connectivity index (χ0n) is 19.9. The fourth-order valence-electron chi connectivity index (χ4n) is 3.83. The maximum absolute atomic E-state index is 12.9. The Hall–Kier alpha value is -4.21. The van der Waals surface area contributed by atoms with Gasteiger partial charge in [0.15, 0.2) is 11.9 Å². The Morgan fingerprint density at radius 1 is 1.00 bits per heavy atom. The molecule has 2 atom stereocenters. The van der Waals surface area contributed by atoms with Crippen LogP contribution in [0.15, 0.2) is 72.8 Å². The molecule has 0 saturated heterocycles. The lowest BCUT2D eigenvalue weighted by molar-refractivity contribution is -0.124. The molecule has 0 aliphatic rings. The van der Waals surface area contributed by atoms with E-state index >= 15 is 0 Å². The summed E-state index contributed by atoms with van der Waals surface area (Å²) in [6.45, 7) is 1.46. The summed E-state index contributed by atoms with van der Waals surface area (Å²) in [5.74, 6) is -0.650. The van der Waals surface area contributed by atoms with E-state index in [-0.39, 0.29) is 11.5 Å². The molecule has 3 rings (SSSR count). The molecule has 2 amide bonds. The number of Topliss-reactive ketones (excluding diaryl/α,β-unsaturated/α-hetero) is 1. The van der Waals surface area contributed by atoms with Crippen LogP contribution in [0.4, 0.5) is 10.5 Å². The van der Waals surface area contributed by atoms with Gasteiger partial charge in [-0.1, -0.05) is 36.4 Å². The second-order valence-corrected chi connectivity index (χ2v) is 8.03. The maximum Gasteiger partial charge on any atom is 0.412 e. The largest absolute Gasteiger partial charge is 0.507 e. The minimum Gasteiger partial charge on any atom is -0.507 e. The fraction of sp³-hybridized carbons (Fsp3) is 0.222. The van der Waals surface area contributed by atoms with Gasteiger partial charge in [-0.15, -0.1) is 0 Å². The number of methoxy groups -OCH3 is 1. The predicted octanol–water partition coefficient (Wildman–Crippen LogP) is 4.89. The number of hydrogen-bond acceptors (Lipinski definition) is 7. The van der Waals surface area contributed by atoms with Crippen LogP contribution in [-0.4, -0.2) is 41.3 Å². The van der Waals surface area contributed by atoms with E-state index < -0.39 is 24.2 Å². The summed E-state index contributed by atoms with van der Waals surface area (Å²) in [5.41, 5.74) is 3.13. The number of nitrogens with one attached hydrogen (secondary N) is 2. The summed E-state index contributed by atoms with van der Waals surface area (Å²) in [6.07, 6.45) is 1.34. The first-order valence-corrected chi connectivity index (χ1v) is 11.3. The Bertz CT molecular complexity index is 1250. The highest BCUT2D eigenvalue weighted by Crippen LogP contribution is 2.36. The molecule has 0 bridgehead atoms. The smallest absolute Gasteiger partial charge is 0.412 e. The van der Waals surface area contributed by atoms with Gasteiger partial charge in [-0.05, 0) is 55.5 Å². The van der Waals surface area contributed by atoms with Crippen molar-refractivity contribution in [1.82, 2.24) is 5.48 Å². The van der Waals surface area contributed by atoms with Crippen molar-refractivity contribution >= 4 is 34.2 Å². The summed E-state index contributed by atoms with van der Waals surface area (Å²) >= 11 is 0. The van der Waals surface area contributed by atoms with E-state index in [2.05, 4.69) is 5.32 Å². The molecule has 0 saturated carbocycles. The van der Waals surface area contributed by atoms with Gasteiger partial charge in [-0.25, -0.2) is 10.3 Å². The van der Waals surface area contributed by atoms with Crippen LogP contribution in [0.1, 0.15) is 41.8 Å². The van der Waals surface area contributed by atoms with Gasteiger partial charge < -0.3 is 14.6 Å². The molecule has 0 aromatic heterocycles. The number of ketones is 1. The third kappa shape index (κ3) is 6.68. The molecule has 0 unspecified atom stereocenters. The summed E-state index contributed by atoms with van der Waals surface area (Å²) in [4.78, 5) is 35.6. The quantitative estimate of drug-likeness (QED) is 0.137. The number of ether oxygens (including phenoxy) is 2. The number of anilines is 1. The van der Waals surface area contributed by atoms with Crippen molar-refractivity contribution in [2.24, 2.45) is 0 Å². The fourth-order valence-corrected chi connectivity index (χ4v) is 3.83. The van der Waals surface area contributed by atoms with Gasteiger partial charge in [0, 0.05) is 35.4 Å². The number of amides is 2. The van der Waals surface area contributed by atoms with Crippen LogP contribution in [0.25, 0.3) is 10.8 Å². The van der Waals surface area contributed by atoms with E-state index in [1.807, 2.05) is 12.1 Å². The van der Waals surface area contributed by atoms with Crippen molar-refractivity contribution in [3.8, 4) is 5.75 Å². The van der Waals surface area contributed by atoms with Gasteiger partial charge in [0.25, 0.3) is 5.91 Å². The lowest BCUT2D eigenvalue weighted by atomic mass is 9.94. The van der Waals surface area contributed by atoms with Gasteiger partial charge in [-0.2, -0.15) is 0 Å². The van der Waals surface area contributed by atoms with Crippen molar-refractivity contribution in [1.29, 1.82) is 0 Å². The van der Waals surface area contributed by atoms with Crippen LogP contribution >= 0.6 is 0 Å². The summed E-state index contributed by atoms with van der Waals surface area (Å²) < 4.78 is 11.5. The Balaban J connectivity index is 1.89. The molecule has 0 spiro atoms. The molecule has 3 aromatic rings. The van der Waals surface area contributed by atoms with Gasteiger partial charge in [0.1, 0.15) is 5.75 Å². The maximum atomic E-state index is 12.9. The molecule has 0 aliphatic heterocycles. The molecule has 0 radical (unpaired) electrons. The molecule has 0 aliphatic carbocycles. The Labute approximate surface area is 208 Å². The van der Waals surface area contributed by atoms with Crippen LogP contribution < -0.4 is 10.8 Å². The van der Waals surface area contributed by atoms with Crippen molar-refractivity contribution in [2.45, 2.75) is 32.0 Å². The molecule has 188 valence electrons. The highest BCUT2D eigenvalue weighted by molar-refractivity contribution is 5.95. The third-order valence-electron chi connectivity index (χ3n) is 5.65. The van der Waals surface area contributed by atoms with Crippen LogP contribution in [0.5, 0.6) is 5.75 Å². The number of carbonyl (C=O) groups excluding carboxylic acids is 3. The number of benzene rings is 3. The second kappa shape index (κ2) is 12.5. The molecule has 3 aromatic carbocycles. The molecule has 0 fully saturated rings. The number of phenolic OH excluding ortho intramolecular Hbond substituents is 1. The average Bonchev–Trinajstić information content (AvgIpc) is 2.88. The summed E-state index contributed by atoms with van der Waals surface area (Å²) in [7, 11) is 1.49. The van der Waals surface area contributed by atoms with Crippen molar-refractivity contribution in [3.63, 3.8) is 0 Å². The number of rotatable bonds is 10. The standard InChI is InChI=1S/C27H28N2O7/c1-17(30)18-11-13-19(14-12-18)28-27(33)36-26(24(35-2)9-5-6-10-25(32)29-34)22-15-16-23(31)21-8-4-3-7-20(21)22/h3-4,6-8,10-16,24,26,31,34H,5,9H2,1-2H3,(H,28,33)(H,29,32)/b10-6+/t24-,26-/m0/s1. The monoisotopic (exact) mass is 492 g/mol. The van der Waals surface area contributed by atoms with Crippen molar-refractivity contribution in [2.75, 3.05) is 12.4 Å². The number of fused-ring (bicyclic) bond motifs is 1. The van der Waals surface area contributed by atoms with Crippen LogP contribution in [0, 0.1) is 0 Å². The van der Waals surface area contributed by atoms with E-state index in [1.165, 1.54) is 31.7 Å². The molecule has 36 heavy (non-hydrogen) atoms. The second-order valence-electron chi connectivity index (χ2n) is 8.03. The van der Waals surface area contributed by atoms with Crippen LogP contribution in [0.2, 0.25) is 0 Å². The number of hydroxylamine groups is 1. The van der Waals surface area contributed by atoms with E-state index in [0.29, 0.717) is 40.4 Å². The zero-order chi connectivity index (χ0) is 26.1. The first-order chi connectivity index (χ1) is 17.3. The predicted molar refractivity (Wildman–Crippen MR) is 134 cm³/mol. The molecule has 4 N–H and O–H groups in total. The van der Waals surface area contributed by atoms with Gasteiger partial charge in [0.2, 0.25) is 0 Å². The topological polar surface area (TPSA) is 134 Å². The average molecular weight is 493 g/mol. The highest BCUT2D eigenvalue weighted by atomic mass is 16.6. The highest BCUT2D eigenvalue weighted by Gasteiger charge is 2.29. The normalized spacial score (nSPS) is 12.8. The first kappa shape index (κ1) is 26.4. The number of hydrogen-bond donors (Lipinski definition) is 4. The summed E-state index contributed by atoms with van der Waals surface area (Å²) in [5, 5.41) is 22.9. The van der Waals surface area contributed by atoms with E-state index in [0.717, 1.165) is 0 Å². The third-order valence-corrected chi connectivity index (χ3v) is 5.65. The van der Waals surface area contributed by atoms with Gasteiger partial charge in [-0.3, -0.25) is 20.1 Å². The SMILES string of the molecule is CO[C@@H](CC/C=C/C(=O)NO)[C@@H](OC(=O)Nc1ccc(C(C)=O)cc1)c1ccc(O)c2ccccc12. The number of phenols is 1. The Morgan fingerprint density at radius 3 is 2.33 bits per heavy atom. The molecule has 9 nitrogen and oxygen atoms in total. The number of carbonyl (C=O) groups is 3. The van der Waals surface area contributed by atoms with E-state index in [1.54, 1.807) is 48.5 Å².